The number of furan rings is 1. The lowest BCUT2D eigenvalue weighted by molar-refractivity contribution is 0.590. The van der Waals surface area contributed by atoms with Gasteiger partial charge in [0, 0.05) is 37.7 Å². The van der Waals surface area contributed by atoms with Crippen LogP contribution >= 0.6 is 0 Å². The lowest BCUT2D eigenvalue weighted by atomic mass is 9.85. The molecule has 0 saturated heterocycles. The van der Waals surface area contributed by atoms with Gasteiger partial charge in [0.1, 0.15) is 5.58 Å². The molecule has 12 rings (SSSR count). The van der Waals surface area contributed by atoms with E-state index < -0.39 is 0 Å². The van der Waals surface area contributed by atoms with Crippen molar-refractivity contribution in [1.82, 2.24) is 13.7 Å². The summed E-state index contributed by atoms with van der Waals surface area (Å²) in [6.45, 7) is 51.2. The van der Waals surface area contributed by atoms with E-state index in [1.807, 2.05) is 0 Å². The fourth-order valence-electron chi connectivity index (χ4n) is 12.2. The Kier molecular flexibility index (Phi) is 11.0. The van der Waals surface area contributed by atoms with Gasteiger partial charge < -0.3 is 18.1 Å². The third-order valence-corrected chi connectivity index (χ3v) is 17.0. The van der Waals surface area contributed by atoms with Crippen LogP contribution in [0.2, 0.25) is 0 Å². The van der Waals surface area contributed by atoms with Gasteiger partial charge in [0.25, 0.3) is 0 Å². The largest absolute Gasteiger partial charge is 0.455 e. The summed E-state index contributed by atoms with van der Waals surface area (Å²) in [7, 11) is 0. The van der Waals surface area contributed by atoms with Crippen LogP contribution in [0.15, 0.2) is 138 Å². The average Bonchev–Trinajstić information content (AvgIpc) is 3.57. The van der Waals surface area contributed by atoms with Crippen LogP contribution in [0.4, 0.5) is 5.69 Å². The van der Waals surface area contributed by atoms with E-state index in [1.165, 1.54) is 44.2 Å². The van der Waals surface area contributed by atoms with Crippen LogP contribution in [0.3, 0.4) is 0 Å². The summed E-state index contributed by atoms with van der Waals surface area (Å²) >= 11 is 0. The summed E-state index contributed by atoms with van der Waals surface area (Å²) in [6, 6.07) is 50.7. The number of hydrogen-bond donors (Lipinski definition) is 0. The molecule has 5 nitrogen and oxygen atoms in total. The first-order valence-electron chi connectivity index (χ1n) is 28.1. The lowest BCUT2D eigenvalue weighted by Crippen LogP contribution is -2.11. The zero-order valence-corrected chi connectivity index (χ0v) is 49.4. The van der Waals surface area contributed by atoms with Gasteiger partial charge >= 0.3 is 0 Å². The van der Waals surface area contributed by atoms with Crippen LogP contribution in [0.25, 0.3) is 109 Å². The summed E-state index contributed by atoms with van der Waals surface area (Å²) in [6.07, 6.45) is 0. The Morgan fingerprint density at radius 1 is 0.321 bits per heavy atom. The van der Waals surface area contributed by atoms with Gasteiger partial charge in [-0.05, 0) is 145 Å². The standard InChI is InChI=1S/C73H76N4O/c1-68(2,3)42-24-30-55-49(36-42)50-37-43(69(4,5)6)25-31-56(50)75(55)64-62-48-22-20-21-23-61(48)78-67(62)66(77-59-34-28-46(72(13,14)15)40-53(59)54-41-47(73(16,17)18)29-35-60(54)77)63(74-19)65(64)76-57-32-26-44(70(7,8)9)38-51(57)52-39-45(71(10,11)12)27-33-58(52)76/h20-41H,1-18H3. The van der Waals surface area contributed by atoms with E-state index in [1.54, 1.807) is 0 Å². The van der Waals surface area contributed by atoms with Gasteiger partial charge in [-0.2, -0.15) is 0 Å². The molecule has 0 amide bonds. The molecular formula is C73H76N4O. The number of nitrogens with zero attached hydrogens (tertiary/aromatic N) is 4. The van der Waals surface area contributed by atoms with Crippen molar-refractivity contribution in [3.05, 3.63) is 178 Å². The van der Waals surface area contributed by atoms with Crippen molar-refractivity contribution < 1.29 is 4.42 Å². The molecular weight excluding hydrogens is 949 g/mol. The molecule has 8 aromatic carbocycles. The summed E-state index contributed by atoms with van der Waals surface area (Å²) in [5.74, 6) is 0. The van der Waals surface area contributed by atoms with Crippen molar-refractivity contribution in [2.45, 2.75) is 157 Å². The second kappa shape index (κ2) is 16.7. The topological polar surface area (TPSA) is 32.3 Å². The second-order valence-electron chi connectivity index (χ2n) is 28.7. The molecule has 0 spiro atoms. The molecule has 0 fully saturated rings. The van der Waals surface area contributed by atoms with Crippen molar-refractivity contribution >= 4 is 93.0 Å². The highest BCUT2D eigenvalue weighted by atomic mass is 16.3. The van der Waals surface area contributed by atoms with E-state index in [4.69, 9.17) is 9.26 Å². The van der Waals surface area contributed by atoms with E-state index in [0.717, 1.165) is 88.1 Å². The van der Waals surface area contributed by atoms with E-state index in [0.29, 0.717) is 11.3 Å². The molecule has 0 aliphatic rings. The van der Waals surface area contributed by atoms with Crippen LogP contribution in [-0.4, -0.2) is 13.7 Å². The lowest BCUT2D eigenvalue weighted by Gasteiger charge is -2.24. The molecule has 78 heavy (non-hydrogen) atoms. The Balaban J connectivity index is 1.39. The van der Waals surface area contributed by atoms with Crippen LogP contribution in [0.5, 0.6) is 0 Å². The summed E-state index contributed by atoms with van der Waals surface area (Å²) in [4.78, 5) is 4.92. The first kappa shape index (κ1) is 51.2. The molecule has 394 valence electrons. The molecule has 0 bridgehead atoms. The maximum absolute atomic E-state index is 9.93. The molecule has 0 N–H and O–H groups in total. The highest BCUT2D eigenvalue weighted by Gasteiger charge is 2.34. The zero-order valence-electron chi connectivity index (χ0n) is 49.4. The molecule has 12 aromatic rings. The third-order valence-electron chi connectivity index (χ3n) is 17.0. The summed E-state index contributed by atoms with van der Waals surface area (Å²) in [5, 5.41) is 8.96. The van der Waals surface area contributed by atoms with Crippen LogP contribution in [-0.2, 0) is 32.5 Å². The van der Waals surface area contributed by atoms with Gasteiger partial charge in [0.05, 0.1) is 62.1 Å². The van der Waals surface area contributed by atoms with Crippen molar-refractivity contribution in [2.75, 3.05) is 0 Å². The summed E-state index contributed by atoms with van der Waals surface area (Å²) < 4.78 is 14.8. The van der Waals surface area contributed by atoms with Crippen LogP contribution in [0, 0.1) is 6.57 Å². The molecule has 5 heteroatoms. The highest BCUT2D eigenvalue weighted by molar-refractivity contribution is 6.23. The molecule has 0 atom stereocenters. The molecule has 0 radical (unpaired) electrons. The van der Waals surface area contributed by atoms with Gasteiger partial charge in [-0.3, -0.25) is 0 Å². The Bertz CT molecular complexity index is 4330. The van der Waals surface area contributed by atoms with Gasteiger partial charge in [-0.1, -0.05) is 179 Å². The molecule has 0 aliphatic heterocycles. The SMILES string of the molecule is [C-]#[N+]c1c(-n2c3ccc(C(C)(C)C)cc3c3cc(C(C)(C)C)ccc32)c(-n2c3ccc(C(C)(C)C)cc3c3cc(C(C)(C)C)ccc32)c2c(oc3ccccc32)c1-n1c2ccc(C(C)(C)C)cc2c2cc(C(C)(C)C)ccc21. The second-order valence-corrected chi connectivity index (χ2v) is 28.7. The number of para-hydroxylation sites is 1. The fourth-order valence-corrected chi connectivity index (χ4v) is 12.2. The molecule has 4 aromatic heterocycles. The van der Waals surface area contributed by atoms with Crippen molar-refractivity contribution in [1.29, 1.82) is 0 Å². The number of hydrogen-bond acceptors (Lipinski definition) is 1. The predicted octanol–water partition coefficient (Wildman–Crippen LogP) is 21.2. The number of aromatic nitrogens is 3. The third kappa shape index (κ3) is 7.83. The first-order valence-corrected chi connectivity index (χ1v) is 28.1. The summed E-state index contributed by atoms with van der Waals surface area (Å²) in [5.41, 5.74) is 17.8. The smallest absolute Gasteiger partial charge is 0.239 e. The zero-order chi connectivity index (χ0) is 55.7. The fraction of sp³-hybridized carbons (Fsp3) is 0.329. The normalized spacial score (nSPS) is 13.5. The minimum absolute atomic E-state index is 0.0905. The monoisotopic (exact) mass is 1020 g/mol. The maximum atomic E-state index is 9.93. The molecule has 4 heterocycles. The molecule has 0 saturated carbocycles. The van der Waals surface area contributed by atoms with Crippen molar-refractivity contribution in [2.24, 2.45) is 0 Å². The maximum Gasteiger partial charge on any atom is 0.239 e. The Morgan fingerprint density at radius 2 is 0.590 bits per heavy atom. The molecule has 0 unspecified atom stereocenters. The average molecular weight is 1030 g/mol. The van der Waals surface area contributed by atoms with Gasteiger partial charge in [-0.25, -0.2) is 4.85 Å². The van der Waals surface area contributed by atoms with Gasteiger partial charge in [0.15, 0.2) is 5.58 Å². The van der Waals surface area contributed by atoms with E-state index >= 15 is 0 Å². The van der Waals surface area contributed by atoms with Crippen molar-refractivity contribution in [3.63, 3.8) is 0 Å². The van der Waals surface area contributed by atoms with Gasteiger partial charge in [0.2, 0.25) is 5.69 Å². The quantitative estimate of drug-likeness (QED) is 0.162. The molecule has 0 aliphatic carbocycles. The van der Waals surface area contributed by atoms with Crippen LogP contribution < -0.4 is 0 Å². The Morgan fingerprint density at radius 3 is 0.872 bits per heavy atom. The highest BCUT2D eigenvalue weighted by Crippen LogP contribution is 2.54. The number of benzene rings is 8. The van der Waals surface area contributed by atoms with E-state index in [2.05, 4.69) is 272 Å². The van der Waals surface area contributed by atoms with Gasteiger partial charge in [-0.15, -0.1) is 0 Å². The number of fused-ring (bicyclic) bond motifs is 12. The van der Waals surface area contributed by atoms with Crippen molar-refractivity contribution in [3.8, 4) is 17.1 Å². The minimum Gasteiger partial charge on any atom is -0.455 e. The van der Waals surface area contributed by atoms with E-state index in [-0.39, 0.29) is 32.5 Å². The van der Waals surface area contributed by atoms with Crippen LogP contribution in [0.1, 0.15) is 158 Å². The predicted molar refractivity (Wildman–Crippen MR) is 335 cm³/mol. The number of rotatable bonds is 3. The Labute approximate surface area is 461 Å². The minimum atomic E-state index is -0.101. The first-order chi connectivity index (χ1) is 36.4. The Hall–Kier alpha value is -7.55. The van der Waals surface area contributed by atoms with E-state index in [9.17, 15) is 6.57 Å².